The van der Waals surface area contributed by atoms with Gasteiger partial charge in [0.05, 0.1) is 6.04 Å². The third-order valence-corrected chi connectivity index (χ3v) is 4.81. The van der Waals surface area contributed by atoms with Crippen molar-refractivity contribution in [2.75, 3.05) is 5.32 Å². The van der Waals surface area contributed by atoms with Gasteiger partial charge in [-0.15, -0.1) is 11.3 Å². The molecular weight excluding hydrogens is 318 g/mol. The quantitative estimate of drug-likeness (QED) is 0.573. The fourth-order valence-electron chi connectivity index (χ4n) is 2.73. The van der Waals surface area contributed by atoms with E-state index in [-0.39, 0.29) is 11.8 Å². The molecule has 0 aliphatic rings. The van der Waals surface area contributed by atoms with E-state index in [9.17, 15) is 5.11 Å². The number of hydrogen-bond donors (Lipinski definition) is 2. The summed E-state index contributed by atoms with van der Waals surface area (Å²) in [4.78, 5) is 9.77. The molecule has 3 heterocycles. The van der Waals surface area contributed by atoms with E-state index in [2.05, 4.69) is 15.3 Å². The number of aromatic nitrogens is 2. The summed E-state index contributed by atoms with van der Waals surface area (Å²) in [6.07, 6.45) is 3.44. The second kappa shape index (κ2) is 6.29. The number of nitrogens with one attached hydrogen (secondary N) is 1. The molecule has 3 aromatic heterocycles. The van der Waals surface area contributed by atoms with Gasteiger partial charge in [0, 0.05) is 28.2 Å². The highest BCUT2D eigenvalue weighted by Gasteiger charge is 2.21. The zero-order valence-corrected chi connectivity index (χ0v) is 13.6. The smallest absolute Gasteiger partial charge is 0.147 e. The van der Waals surface area contributed by atoms with Crippen molar-refractivity contribution in [3.05, 3.63) is 82.8 Å². The largest absolute Gasteiger partial charge is 0.505 e. The number of hydrogen-bond acceptors (Lipinski definition) is 5. The number of thiophene rings is 1. The third kappa shape index (κ3) is 2.70. The highest BCUT2D eigenvalue weighted by atomic mass is 32.1. The summed E-state index contributed by atoms with van der Waals surface area (Å²) in [5, 5.41) is 17.1. The van der Waals surface area contributed by atoms with Gasteiger partial charge in [0.2, 0.25) is 0 Å². The van der Waals surface area contributed by atoms with Gasteiger partial charge in [-0.3, -0.25) is 4.98 Å². The number of rotatable bonds is 4. The van der Waals surface area contributed by atoms with Crippen LogP contribution < -0.4 is 5.32 Å². The molecule has 0 amide bonds. The number of anilines is 1. The van der Waals surface area contributed by atoms with Gasteiger partial charge in [0.25, 0.3) is 0 Å². The molecule has 4 nitrogen and oxygen atoms in total. The number of phenolic OH excluding ortho intramolecular Hbond substituents is 1. The highest BCUT2D eigenvalue weighted by Crippen LogP contribution is 2.37. The lowest BCUT2D eigenvalue weighted by atomic mass is 10.0. The fraction of sp³-hybridized carbons (Fsp3) is 0.0526. The van der Waals surface area contributed by atoms with Crippen molar-refractivity contribution in [2.24, 2.45) is 0 Å². The van der Waals surface area contributed by atoms with Crippen LogP contribution in [0.3, 0.4) is 0 Å². The molecule has 24 heavy (non-hydrogen) atoms. The summed E-state index contributed by atoms with van der Waals surface area (Å²) in [7, 11) is 0. The molecule has 0 aliphatic heterocycles. The van der Waals surface area contributed by atoms with Crippen LogP contribution in [-0.2, 0) is 0 Å². The number of pyridine rings is 2. The number of benzene rings is 1. The Morgan fingerprint density at radius 3 is 2.62 bits per heavy atom. The Morgan fingerprint density at radius 1 is 0.917 bits per heavy atom. The van der Waals surface area contributed by atoms with Crippen LogP contribution in [0.1, 0.15) is 16.5 Å². The minimum Gasteiger partial charge on any atom is -0.505 e. The third-order valence-electron chi connectivity index (χ3n) is 3.87. The van der Waals surface area contributed by atoms with Crippen molar-refractivity contribution in [1.82, 2.24) is 9.97 Å². The minimum atomic E-state index is -0.189. The number of nitrogens with zero attached hydrogens (tertiary/aromatic N) is 2. The Hall–Kier alpha value is -2.92. The molecule has 1 unspecified atom stereocenters. The Morgan fingerprint density at radius 2 is 1.83 bits per heavy atom. The average Bonchev–Trinajstić information content (AvgIpc) is 3.16. The zero-order chi connectivity index (χ0) is 16.4. The molecule has 5 heteroatoms. The van der Waals surface area contributed by atoms with Crippen molar-refractivity contribution >= 4 is 28.1 Å². The van der Waals surface area contributed by atoms with Crippen molar-refractivity contribution in [3.63, 3.8) is 0 Å². The van der Waals surface area contributed by atoms with E-state index in [0.29, 0.717) is 5.52 Å². The molecule has 1 aromatic carbocycles. The number of aromatic hydroxyl groups is 1. The number of fused-ring (bicyclic) bond motifs is 1. The molecule has 0 saturated carbocycles. The summed E-state index contributed by atoms with van der Waals surface area (Å²) in [6, 6.07) is 17.3. The van der Waals surface area contributed by atoms with Crippen LogP contribution in [0.25, 0.3) is 10.9 Å². The van der Waals surface area contributed by atoms with E-state index >= 15 is 0 Å². The Balaban J connectivity index is 1.83. The molecule has 1 atom stereocenters. The van der Waals surface area contributed by atoms with E-state index in [1.807, 2.05) is 60.0 Å². The first-order valence-corrected chi connectivity index (χ1v) is 8.48. The molecule has 0 fully saturated rings. The SMILES string of the molecule is Oc1c(C(Nc2ccccn2)c2cccs2)ccc2cccnc12. The van der Waals surface area contributed by atoms with Crippen molar-refractivity contribution < 1.29 is 5.11 Å². The molecular formula is C19H15N3OS. The molecule has 0 bridgehead atoms. The Kier molecular flexibility index (Phi) is 3.84. The first kappa shape index (κ1) is 14.7. The summed E-state index contributed by atoms with van der Waals surface area (Å²) >= 11 is 1.64. The summed E-state index contributed by atoms with van der Waals surface area (Å²) < 4.78 is 0. The van der Waals surface area contributed by atoms with Crippen LogP contribution in [0, 0.1) is 0 Å². The standard InChI is InChI=1S/C19H15N3OS/c23-19-14(9-8-13-5-3-11-21-17(13)19)18(15-6-4-12-24-15)22-16-7-1-2-10-20-16/h1-12,18,23H,(H,20,22). The predicted molar refractivity (Wildman–Crippen MR) is 97.4 cm³/mol. The molecule has 0 aliphatic carbocycles. The molecule has 4 rings (SSSR count). The molecule has 0 spiro atoms. The summed E-state index contributed by atoms with van der Waals surface area (Å²) in [5.41, 5.74) is 1.40. The first-order chi connectivity index (χ1) is 11.8. The Labute approximate surface area is 143 Å². The van der Waals surface area contributed by atoms with E-state index in [4.69, 9.17) is 0 Å². The molecule has 0 radical (unpaired) electrons. The maximum absolute atomic E-state index is 10.8. The van der Waals surface area contributed by atoms with Gasteiger partial charge in [-0.05, 0) is 29.6 Å². The van der Waals surface area contributed by atoms with Crippen molar-refractivity contribution in [2.45, 2.75) is 6.04 Å². The molecule has 118 valence electrons. The van der Waals surface area contributed by atoms with E-state index in [1.165, 1.54) is 0 Å². The van der Waals surface area contributed by atoms with E-state index < -0.39 is 0 Å². The van der Waals surface area contributed by atoms with Gasteiger partial charge < -0.3 is 10.4 Å². The van der Waals surface area contributed by atoms with Crippen molar-refractivity contribution in [3.8, 4) is 5.75 Å². The maximum Gasteiger partial charge on any atom is 0.147 e. The lowest BCUT2D eigenvalue weighted by Gasteiger charge is -2.20. The topological polar surface area (TPSA) is 58.0 Å². The summed E-state index contributed by atoms with van der Waals surface area (Å²) in [5.74, 6) is 0.964. The zero-order valence-electron chi connectivity index (χ0n) is 12.8. The van der Waals surface area contributed by atoms with E-state index in [1.54, 1.807) is 23.7 Å². The molecule has 4 aromatic rings. The van der Waals surface area contributed by atoms with Crippen LogP contribution in [0.15, 0.2) is 72.4 Å². The van der Waals surface area contributed by atoms with Crippen LogP contribution in [0.2, 0.25) is 0 Å². The van der Waals surface area contributed by atoms with Gasteiger partial charge in [-0.25, -0.2) is 4.98 Å². The van der Waals surface area contributed by atoms with Crippen LogP contribution in [0.4, 0.5) is 5.82 Å². The van der Waals surface area contributed by atoms with Crippen molar-refractivity contribution in [1.29, 1.82) is 0 Å². The minimum absolute atomic E-state index is 0.189. The second-order valence-electron chi connectivity index (χ2n) is 5.39. The highest BCUT2D eigenvalue weighted by molar-refractivity contribution is 7.10. The van der Waals surface area contributed by atoms with E-state index in [0.717, 1.165) is 21.6 Å². The van der Waals surface area contributed by atoms with Gasteiger partial charge in [0.1, 0.15) is 17.1 Å². The monoisotopic (exact) mass is 333 g/mol. The molecule has 2 N–H and O–H groups in total. The average molecular weight is 333 g/mol. The maximum atomic E-state index is 10.8. The van der Waals surface area contributed by atoms with Gasteiger partial charge in [-0.2, -0.15) is 0 Å². The first-order valence-electron chi connectivity index (χ1n) is 7.60. The number of phenols is 1. The normalized spacial score (nSPS) is 12.2. The predicted octanol–water partition coefficient (Wildman–Crippen LogP) is 4.60. The lowest BCUT2D eigenvalue weighted by molar-refractivity contribution is 0.472. The second-order valence-corrected chi connectivity index (χ2v) is 6.37. The van der Waals surface area contributed by atoms with Gasteiger partial charge >= 0.3 is 0 Å². The van der Waals surface area contributed by atoms with Crippen LogP contribution >= 0.6 is 11.3 Å². The molecule has 0 saturated heterocycles. The summed E-state index contributed by atoms with van der Waals surface area (Å²) in [6.45, 7) is 0. The lowest BCUT2D eigenvalue weighted by Crippen LogP contribution is -2.12. The van der Waals surface area contributed by atoms with Gasteiger partial charge in [0.15, 0.2) is 0 Å². The van der Waals surface area contributed by atoms with Gasteiger partial charge in [-0.1, -0.05) is 30.3 Å². The Bertz CT molecular complexity index is 955. The fourth-order valence-corrected chi connectivity index (χ4v) is 3.53. The van der Waals surface area contributed by atoms with Crippen LogP contribution in [-0.4, -0.2) is 15.1 Å². The van der Waals surface area contributed by atoms with Crippen LogP contribution in [0.5, 0.6) is 5.75 Å².